The molecule has 58 heavy (non-hydrogen) atoms. The average Bonchev–Trinajstić information content (AvgIpc) is 3.20. The van der Waals surface area contributed by atoms with E-state index in [0.29, 0.717) is 16.7 Å². The van der Waals surface area contributed by atoms with Crippen LogP contribution < -0.4 is 10.6 Å². The number of nitrogens with one attached hydrogen (secondary N) is 2. The van der Waals surface area contributed by atoms with E-state index in [1.54, 1.807) is 36.4 Å². The highest BCUT2D eigenvalue weighted by Crippen LogP contribution is 2.53. The summed E-state index contributed by atoms with van der Waals surface area (Å²) in [4.78, 5) is 13.0. The Kier molecular flexibility index (Phi) is 10.7. The van der Waals surface area contributed by atoms with E-state index >= 15 is 0 Å². The van der Waals surface area contributed by atoms with Gasteiger partial charge >= 0.3 is 18.3 Å². The van der Waals surface area contributed by atoms with Gasteiger partial charge in [-0.25, -0.2) is 0 Å². The van der Waals surface area contributed by atoms with Crippen molar-refractivity contribution < 1.29 is 31.1 Å². The Hall–Kier alpha value is -6.61. The number of carbonyl (C=O) groups excluding carboxylic acids is 1. The summed E-state index contributed by atoms with van der Waals surface area (Å²) in [6.45, 7) is 5.97. The number of halogens is 6. The monoisotopic (exact) mass is 784 g/mol. The maximum absolute atomic E-state index is 14.2. The second-order valence-electron chi connectivity index (χ2n) is 14.2. The van der Waals surface area contributed by atoms with Crippen LogP contribution in [0.4, 0.5) is 37.7 Å². The molecule has 0 radical (unpaired) electrons. The minimum absolute atomic E-state index is 0.0203. The van der Waals surface area contributed by atoms with Crippen molar-refractivity contribution in [1.29, 1.82) is 0 Å². The zero-order chi connectivity index (χ0) is 41.4. The van der Waals surface area contributed by atoms with Crippen LogP contribution in [-0.2, 0) is 11.0 Å². The van der Waals surface area contributed by atoms with Gasteiger partial charge in [-0.3, -0.25) is 4.79 Å². The molecule has 9 heteroatoms. The topological polar surface area (TPSA) is 41.1 Å². The van der Waals surface area contributed by atoms with Crippen molar-refractivity contribution in [2.75, 3.05) is 17.7 Å². The van der Waals surface area contributed by atoms with Crippen LogP contribution in [0.2, 0.25) is 0 Å². The molecule has 292 valence electrons. The third-order valence-corrected chi connectivity index (χ3v) is 10.2. The zero-order valence-corrected chi connectivity index (χ0v) is 32.0. The molecule has 2 N–H and O–H groups in total. The van der Waals surface area contributed by atoms with E-state index in [9.17, 15) is 31.1 Å². The SMILES string of the molecule is CNc1c(-c2ccccc2C)cc(-c2ccc(-c3cccc(C(F)(F)F)c3)c(NC(=O)C(F)(F)F)c2-c2ccccc2)c(-c2ccc(C)cc2)c1-c1cccc(C)c1. The lowest BCUT2D eigenvalue weighted by Gasteiger charge is -2.27. The van der Waals surface area contributed by atoms with Gasteiger partial charge in [-0.1, -0.05) is 139 Å². The fourth-order valence-electron chi connectivity index (χ4n) is 7.50. The first-order valence-corrected chi connectivity index (χ1v) is 18.5. The molecule has 1 amide bonds. The molecule has 0 saturated carbocycles. The van der Waals surface area contributed by atoms with Gasteiger partial charge in [-0.2, -0.15) is 26.3 Å². The summed E-state index contributed by atoms with van der Waals surface area (Å²) in [5.41, 5.74) is 9.18. The van der Waals surface area contributed by atoms with Crippen molar-refractivity contribution in [3.05, 3.63) is 168 Å². The van der Waals surface area contributed by atoms with Gasteiger partial charge in [0, 0.05) is 29.3 Å². The van der Waals surface area contributed by atoms with Gasteiger partial charge in [-0.15, -0.1) is 0 Å². The molecule has 0 unspecified atom stereocenters. The number of rotatable bonds is 8. The van der Waals surface area contributed by atoms with Crippen LogP contribution in [0.3, 0.4) is 0 Å². The molecule has 0 aromatic heterocycles. The molecule has 0 bridgehead atoms. The molecule has 0 fully saturated rings. The Morgan fingerprint density at radius 2 is 1.09 bits per heavy atom. The predicted molar refractivity (Wildman–Crippen MR) is 223 cm³/mol. The van der Waals surface area contributed by atoms with Crippen molar-refractivity contribution in [3.63, 3.8) is 0 Å². The van der Waals surface area contributed by atoms with Crippen molar-refractivity contribution >= 4 is 17.3 Å². The number of amides is 1. The molecule has 0 heterocycles. The lowest BCUT2D eigenvalue weighted by atomic mass is 9.79. The van der Waals surface area contributed by atoms with Gasteiger partial charge < -0.3 is 10.6 Å². The molecule has 7 aromatic rings. The Labute approximate surface area is 333 Å². The minimum Gasteiger partial charge on any atom is -0.387 e. The van der Waals surface area contributed by atoms with Crippen LogP contribution in [0.25, 0.3) is 66.8 Å². The Morgan fingerprint density at radius 3 is 1.74 bits per heavy atom. The first-order valence-electron chi connectivity index (χ1n) is 18.5. The van der Waals surface area contributed by atoms with Crippen LogP contribution in [0, 0.1) is 20.8 Å². The minimum atomic E-state index is -5.31. The van der Waals surface area contributed by atoms with Gasteiger partial charge in [0.15, 0.2) is 0 Å². The molecule has 7 aromatic carbocycles. The Morgan fingerprint density at radius 1 is 0.466 bits per heavy atom. The van der Waals surface area contributed by atoms with E-state index in [0.717, 1.165) is 67.9 Å². The molecular formula is C49H38F6N2O. The lowest BCUT2D eigenvalue weighted by molar-refractivity contribution is -0.167. The number of alkyl halides is 6. The summed E-state index contributed by atoms with van der Waals surface area (Å²) in [7, 11) is 1.85. The lowest BCUT2D eigenvalue weighted by Crippen LogP contribution is -2.30. The molecule has 3 nitrogen and oxygen atoms in total. The number of anilines is 2. The van der Waals surface area contributed by atoms with Crippen molar-refractivity contribution in [1.82, 2.24) is 0 Å². The second-order valence-corrected chi connectivity index (χ2v) is 14.2. The van der Waals surface area contributed by atoms with Crippen LogP contribution in [0.1, 0.15) is 22.3 Å². The summed E-state index contributed by atoms with van der Waals surface area (Å²) in [6, 6.07) is 42.0. The maximum Gasteiger partial charge on any atom is 0.471 e. The van der Waals surface area contributed by atoms with Crippen molar-refractivity contribution in [2.24, 2.45) is 0 Å². The van der Waals surface area contributed by atoms with E-state index in [1.807, 2.05) is 101 Å². The molecule has 0 atom stereocenters. The van der Waals surface area contributed by atoms with Crippen molar-refractivity contribution in [3.8, 4) is 66.8 Å². The van der Waals surface area contributed by atoms with E-state index in [2.05, 4.69) is 16.7 Å². The zero-order valence-electron chi connectivity index (χ0n) is 32.0. The summed E-state index contributed by atoms with van der Waals surface area (Å²) in [5.74, 6) is -2.26. The molecule has 0 saturated heterocycles. The summed E-state index contributed by atoms with van der Waals surface area (Å²) in [5, 5.41) is 5.61. The summed E-state index contributed by atoms with van der Waals surface area (Å²) < 4.78 is 84.9. The number of carbonyl (C=O) groups is 1. The quantitative estimate of drug-likeness (QED) is 0.151. The highest BCUT2D eigenvalue weighted by atomic mass is 19.4. The third-order valence-electron chi connectivity index (χ3n) is 10.2. The average molecular weight is 785 g/mol. The van der Waals surface area contributed by atoms with Gasteiger partial charge in [-0.05, 0) is 89.0 Å². The van der Waals surface area contributed by atoms with Gasteiger partial charge in [0.2, 0.25) is 0 Å². The van der Waals surface area contributed by atoms with Crippen LogP contribution >= 0.6 is 0 Å². The standard InChI is InChI=1S/C49H38F6N2O/c1-29-20-22-33(23-21-29)42-40(28-41(37-19-9-8-13-31(37)3)45(56-4)44(42)35-17-10-12-30(2)26-35)39-25-24-38(34-16-11-18-36(27-34)48(50,51)52)46(57-47(58)49(53,54)55)43(39)32-14-6-5-7-15-32/h5-28,56H,1-4H3,(H,57,58). The van der Waals surface area contributed by atoms with Gasteiger partial charge in [0.05, 0.1) is 16.9 Å². The maximum atomic E-state index is 14.2. The molecule has 0 spiro atoms. The largest absolute Gasteiger partial charge is 0.471 e. The van der Waals surface area contributed by atoms with E-state index in [-0.39, 0.29) is 22.4 Å². The van der Waals surface area contributed by atoms with E-state index < -0.39 is 23.8 Å². The van der Waals surface area contributed by atoms with Crippen LogP contribution in [-0.4, -0.2) is 19.1 Å². The van der Waals surface area contributed by atoms with E-state index in [4.69, 9.17) is 0 Å². The molecule has 0 aliphatic rings. The fraction of sp³-hybridized carbons (Fsp3) is 0.122. The number of hydrogen-bond acceptors (Lipinski definition) is 2. The van der Waals surface area contributed by atoms with Crippen molar-refractivity contribution in [2.45, 2.75) is 33.1 Å². The smallest absolute Gasteiger partial charge is 0.387 e. The normalized spacial score (nSPS) is 11.7. The second kappa shape index (κ2) is 15.7. The highest BCUT2D eigenvalue weighted by molar-refractivity contribution is 6.12. The third kappa shape index (κ3) is 7.85. The van der Waals surface area contributed by atoms with Gasteiger partial charge in [0.1, 0.15) is 0 Å². The van der Waals surface area contributed by atoms with Crippen LogP contribution in [0.5, 0.6) is 0 Å². The Bertz CT molecular complexity index is 2650. The summed E-state index contributed by atoms with van der Waals surface area (Å²) >= 11 is 0. The number of benzene rings is 7. The number of aryl methyl sites for hydroxylation is 3. The molecular weight excluding hydrogens is 747 g/mol. The molecule has 7 rings (SSSR count). The summed E-state index contributed by atoms with van der Waals surface area (Å²) in [6.07, 6.45) is -10.0. The van der Waals surface area contributed by atoms with Crippen LogP contribution in [0.15, 0.2) is 146 Å². The number of hydrogen-bond donors (Lipinski definition) is 2. The molecule has 0 aliphatic heterocycles. The highest BCUT2D eigenvalue weighted by Gasteiger charge is 2.40. The molecule has 0 aliphatic carbocycles. The predicted octanol–water partition coefficient (Wildman–Crippen LogP) is 14.2. The Balaban J connectivity index is 1.71. The fourth-order valence-corrected chi connectivity index (χ4v) is 7.50. The first kappa shape index (κ1) is 39.6. The first-order chi connectivity index (χ1) is 27.7. The van der Waals surface area contributed by atoms with Gasteiger partial charge in [0.25, 0.3) is 0 Å². The van der Waals surface area contributed by atoms with E-state index in [1.165, 1.54) is 18.2 Å².